The predicted octanol–water partition coefficient (Wildman–Crippen LogP) is 2.72. The summed E-state index contributed by atoms with van der Waals surface area (Å²) >= 11 is 0. The molecule has 2 heteroatoms. The van der Waals surface area contributed by atoms with Crippen LogP contribution in [-0.4, -0.2) is 18.8 Å². The van der Waals surface area contributed by atoms with Gasteiger partial charge >= 0.3 is 0 Å². The molecule has 0 N–H and O–H groups in total. The highest BCUT2D eigenvalue weighted by Crippen LogP contribution is 2.41. The SMILES string of the molecule is C=CCOC(C)[C@H]1O[C@@H]1c1ccccc1. The van der Waals surface area contributed by atoms with E-state index in [1.165, 1.54) is 5.56 Å². The van der Waals surface area contributed by atoms with Gasteiger partial charge in [-0.05, 0) is 12.5 Å². The summed E-state index contributed by atoms with van der Waals surface area (Å²) in [4.78, 5) is 0. The van der Waals surface area contributed by atoms with E-state index in [-0.39, 0.29) is 18.3 Å². The lowest BCUT2D eigenvalue weighted by molar-refractivity contribution is 0.0653. The Kier molecular flexibility index (Phi) is 3.19. The van der Waals surface area contributed by atoms with Crippen LogP contribution in [0.15, 0.2) is 43.0 Å². The van der Waals surface area contributed by atoms with E-state index in [4.69, 9.17) is 9.47 Å². The van der Waals surface area contributed by atoms with Gasteiger partial charge in [-0.25, -0.2) is 0 Å². The summed E-state index contributed by atoms with van der Waals surface area (Å²) in [5.41, 5.74) is 1.23. The molecular weight excluding hydrogens is 188 g/mol. The molecule has 0 aliphatic carbocycles. The van der Waals surface area contributed by atoms with Gasteiger partial charge in [0.25, 0.3) is 0 Å². The van der Waals surface area contributed by atoms with Crippen molar-refractivity contribution in [1.82, 2.24) is 0 Å². The van der Waals surface area contributed by atoms with Crippen molar-refractivity contribution in [2.24, 2.45) is 0 Å². The summed E-state index contributed by atoms with van der Waals surface area (Å²) in [6.45, 7) is 6.25. The van der Waals surface area contributed by atoms with Gasteiger partial charge < -0.3 is 9.47 Å². The van der Waals surface area contributed by atoms with Crippen LogP contribution in [0.1, 0.15) is 18.6 Å². The lowest BCUT2D eigenvalue weighted by atomic mass is 10.1. The molecule has 80 valence electrons. The minimum Gasteiger partial charge on any atom is -0.372 e. The van der Waals surface area contributed by atoms with Crippen LogP contribution in [0.2, 0.25) is 0 Å². The molecule has 0 saturated carbocycles. The van der Waals surface area contributed by atoms with Crippen LogP contribution in [0.25, 0.3) is 0 Å². The minimum absolute atomic E-state index is 0.133. The van der Waals surface area contributed by atoms with Crippen LogP contribution in [0.5, 0.6) is 0 Å². The monoisotopic (exact) mass is 204 g/mol. The highest BCUT2D eigenvalue weighted by atomic mass is 16.6. The number of epoxide rings is 1. The second-order valence-corrected chi connectivity index (χ2v) is 3.76. The summed E-state index contributed by atoms with van der Waals surface area (Å²) < 4.78 is 11.1. The minimum atomic E-state index is 0.133. The largest absolute Gasteiger partial charge is 0.372 e. The fourth-order valence-electron chi connectivity index (χ4n) is 1.71. The average Bonchev–Trinajstić information content (AvgIpc) is 3.07. The Labute approximate surface area is 90.5 Å². The molecule has 1 saturated heterocycles. The van der Waals surface area contributed by atoms with Crippen LogP contribution in [0.4, 0.5) is 0 Å². The van der Waals surface area contributed by atoms with E-state index in [1.807, 2.05) is 25.1 Å². The van der Waals surface area contributed by atoms with Crippen molar-refractivity contribution in [3.8, 4) is 0 Å². The Morgan fingerprint density at radius 1 is 1.47 bits per heavy atom. The number of hydrogen-bond acceptors (Lipinski definition) is 2. The lowest BCUT2D eigenvalue weighted by Gasteiger charge is -2.07. The molecule has 1 aromatic carbocycles. The van der Waals surface area contributed by atoms with Crippen molar-refractivity contribution >= 4 is 0 Å². The van der Waals surface area contributed by atoms with Crippen LogP contribution >= 0.6 is 0 Å². The molecule has 1 heterocycles. The molecule has 0 spiro atoms. The Balaban J connectivity index is 1.88. The van der Waals surface area contributed by atoms with Gasteiger partial charge in [0.2, 0.25) is 0 Å². The van der Waals surface area contributed by atoms with E-state index in [9.17, 15) is 0 Å². The van der Waals surface area contributed by atoms with Crippen LogP contribution < -0.4 is 0 Å². The summed E-state index contributed by atoms with van der Waals surface area (Å²) in [5.74, 6) is 0. The lowest BCUT2D eigenvalue weighted by Crippen LogP contribution is -2.15. The fraction of sp³-hybridized carbons (Fsp3) is 0.385. The van der Waals surface area contributed by atoms with Crippen LogP contribution in [0, 0.1) is 0 Å². The van der Waals surface area contributed by atoms with E-state index >= 15 is 0 Å². The van der Waals surface area contributed by atoms with E-state index in [2.05, 4.69) is 18.7 Å². The zero-order valence-electron chi connectivity index (χ0n) is 8.93. The Hall–Kier alpha value is -1.12. The fourth-order valence-corrected chi connectivity index (χ4v) is 1.71. The first-order chi connectivity index (χ1) is 7.33. The van der Waals surface area contributed by atoms with Gasteiger partial charge in [0, 0.05) is 0 Å². The number of hydrogen-bond donors (Lipinski definition) is 0. The van der Waals surface area contributed by atoms with Gasteiger partial charge in [-0.1, -0.05) is 36.4 Å². The molecule has 1 aliphatic heterocycles. The van der Waals surface area contributed by atoms with Crippen molar-refractivity contribution in [2.45, 2.75) is 25.2 Å². The molecule has 1 aliphatic rings. The third kappa shape index (κ3) is 2.46. The van der Waals surface area contributed by atoms with E-state index in [1.54, 1.807) is 6.08 Å². The molecular formula is C13H16O2. The van der Waals surface area contributed by atoms with E-state index < -0.39 is 0 Å². The zero-order chi connectivity index (χ0) is 10.7. The van der Waals surface area contributed by atoms with Gasteiger partial charge in [-0.3, -0.25) is 0 Å². The quantitative estimate of drug-likeness (QED) is 0.543. The molecule has 0 aromatic heterocycles. The maximum atomic E-state index is 5.60. The Morgan fingerprint density at radius 2 is 2.20 bits per heavy atom. The van der Waals surface area contributed by atoms with Crippen molar-refractivity contribution < 1.29 is 9.47 Å². The van der Waals surface area contributed by atoms with Crippen molar-refractivity contribution in [1.29, 1.82) is 0 Å². The highest BCUT2D eigenvalue weighted by Gasteiger charge is 2.44. The molecule has 0 amide bonds. The third-order valence-corrected chi connectivity index (χ3v) is 2.59. The molecule has 0 radical (unpaired) electrons. The first-order valence-corrected chi connectivity index (χ1v) is 5.26. The zero-order valence-corrected chi connectivity index (χ0v) is 8.93. The van der Waals surface area contributed by atoms with Gasteiger partial charge in [0.1, 0.15) is 12.2 Å². The molecule has 1 fully saturated rings. The van der Waals surface area contributed by atoms with Gasteiger partial charge in [0.15, 0.2) is 0 Å². The number of benzene rings is 1. The second-order valence-electron chi connectivity index (χ2n) is 3.76. The molecule has 1 aromatic rings. The third-order valence-electron chi connectivity index (χ3n) is 2.59. The summed E-state index contributed by atoms with van der Waals surface area (Å²) in [6.07, 6.45) is 2.31. The summed E-state index contributed by atoms with van der Waals surface area (Å²) in [5, 5.41) is 0. The second kappa shape index (κ2) is 4.60. The molecule has 0 bridgehead atoms. The van der Waals surface area contributed by atoms with Crippen molar-refractivity contribution in [3.05, 3.63) is 48.6 Å². The maximum absolute atomic E-state index is 5.60. The molecule has 2 rings (SSSR count). The smallest absolute Gasteiger partial charge is 0.115 e. The maximum Gasteiger partial charge on any atom is 0.115 e. The number of ether oxygens (including phenoxy) is 2. The summed E-state index contributed by atoms with van der Waals surface area (Å²) in [6, 6.07) is 10.3. The highest BCUT2D eigenvalue weighted by molar-refractivity contribution is 5.22. The van der Waals surface area contributed by atoms with Crippen LogP contribution in [0.3, 0.4) is 0 Å². The first-order valence-electron chi connectivity index (χ1n) is 5.26. The van der Waals surface area contributed by atoms with Gasteiger partial charge in [-0.2, -0.15) is 0 Å². The van der Waals surface area contributed by atoms with Crippen molar-refractivity contribution in [3.63, 3.8) is 0 Å². The molecule has 15 heavy (non-hydrogen) atoms. The summed E-state index contributed by atoms with van der Waals surface area (Å²) in [7, 11) is 0. The molecule has 1 unspecified atom stereocenters. The molecule has 3 atom stereocenters. The van der Waals surface area contributed by atoms with E-state index in [0.717, 1.165) is 0 Å². The molecule has 2 nitrogen and oxygen atoms in total. The predicted molar refractivity (Wildman–Crippen MR) is 59.7 cm³/mol. The first kappa shape index (κ1) is 10.4. The Morgan fingerprint density at radius 3 is 2.87 bits per heavy atom. The van der Waals surface area contributed by atoms with Gasteiger partial charge in [-0.15, -0.1) is 6.58 Å². The van der Waals surface area contributed by atoms with Crippen molar-refractivity contribution in [2.75, 3.05) is 6.61 Å². The Bertz CT molecular complexity index is 321. The van der Waals surface area contributed by atoms with Crippen LogP contribution in [-0.2, 0) is 9.47 Å². The van der Waals surface area contributed by atoms with Gasteiger partial charge in [0.05, 0.1) is 12.7 Å². The standard InChI is InChI=1S/C13H16O2/c1-3-9-14-10(2)12-13(15-12)11-7-5-4-6-8-11/h3-8,10,12-13H,1,9H2,2H3/t10?,12-,13-/m1/s1. The topological polar surface area (TPSA) is 21.8 Å². The average molecular weight is 204 g/mol. The number of rotatable bonds is 5. The normalized spacial score (nSPS) is 25.9. The van der Waals surface area contributed by atoms with E-state index in [0.29, 0.717) is 6.61 Å².